The fourth-order valence-electron chi connectivity index (χ4n) is 3.86. The van der Waals surface area contributed by atoms with Crippen LogP contribution in [0.25, 0.3) is 0 Å². The van der Waals surface area contributed by atoms with E-state index < -0.39 is 0 Å². The average molecular weight is 386 g/mol. The fraction of sp³-hybridized carbons (Fsp3) is 0.909. The number of amides is 1. The van der Waals surface area contributed by atoms with Crippen LogP contribution in [0.3, 0.4) is 0 Å². The van der Waals surface area contributed by atoms with Gasteiger partial charge in [-0.1, -0.05) is 26.2 Å². The van der Waals surface area contributed by atoms with Crippen LogP contribution >= 0.6 is 0 Å². The van der Waals surface area contributed by atoms with E-state index in [0.717, 1.165) is 32.1 Å². The zero-order valence-corrected chi connectivity index (χ0v) is 17.7. The first-order chi connectivity index (χ1) is 12.9. The summed E-state index contributed by atoms with van der Waals surface area (Å²) in [6, 6.07) is 0.266. The monoisotopic (exact) mass is 385 g/mol. The van der Waals surface area contributed by atoms with E-state index >= 15 is 0 Å². The highest BCUT2D eigenvalue weighted by Gasteiger charge is 2.25. The molecule has 0 bridgehead atoms. The summed E-state index contributed by atoms with van der Waals surface area (Å²) in [6.45, 7) is 6.08. The number of nitrogens with one attached hydrogen (secondary N) is 1. The Morgan fingerprint density at radius 1 is 1.07 bits per heavy atom. The summed E-state index contributed by atoms with van der Waals surface area (Å²) in [5.41, 5.74) is 0. The predicted octanol–water partition coefficient (Wildman–Crippen LogP) is 4.40. The number of carbonyl (C=O) groups is 2. The Morgan fingerprint density at radius 2 is 1.67 bits per heavy atom. The van der Waals surface area contributed by atoms with E-state index in [-0.39, 0.29) is 25.4 Å². The van der Waals surface area contributed by atoms with Gasteiger partial charge in [-0.15, -0.1) is 0 Å². The van der Waals surface area contributed by atoms with Crippen molar-refractivity contribution in [3.8, 4) is 0 Å². The lowest BCUT2D eigenvalue weighted by atomic mass is 9.83. The summed E-state index contributed by atoms with van der Waals surface area (Å²) in [4.78, 5) is 23.7. The summed E-state index contributed by atoms with van der Waals surface area (Å²) >= 11 is 0. The van der Waals surface area contributed by atoms with Crippen LogP contribution in [-0.2, 0) is 14.3 Å². The number of ether oxygens (including phenoxy) is 1. The molecule has 160 valence electrons. The average Bonchev–Trinajstić information content (AvgIpc) is 2.65. The smallest absolute Gasteiger partial charge is 0.220 e. The molecule has 0 atom stereocenters. The van der Waals surface area contributed by atoms with Gasteiger partial charge in [0.2, 0.25) is 5.91 Å². The topological polar surface area (TPSA) is 75.6 Å². The third-order valence-corrected chi connectivity index (χ3v) is 5.35. The van der Waals surface area contributed by atoms with Crippen LogP contribution in [0.15, 0.2) is 0 Å². The van der Waals surface area contributed by atoms with E-state index in [1.165, 1.54) is 32.1 Å². The molecule has 0 aromatic heterocycles. The molecule has 0 aromatic rings. The zero-order chi connectivity index (χ0) is 20.1. The van der Waals surface area contributed by atoms with Gasteiger partial charge in [0, 0.05) is 38.9 Å². The fourth-order valence-corrected chi connectivity index (χ4v) is 3.86. The molecule has 2 N–H and O–H groups in total. The van der Waals surface area contributed by atoms with Crippen molar-refractivity contribution in [1.82, 2.24) is 5.32 Å². The van der Waals surface area contributed by atoms with E-state index in [2.05, 4.69) is 5.32 Å². The Bertz CT molecular complexity index is 414. The Hall–Kier alpha value is -0.940. The quantitative estimate of drug-likeness (QED) is 0.607. The standard InChI is InChI=1S/C19H33NO3.C3H8O.H2/c1-2-18(21)15-10-12-16(13-11-15)20-19(22)9-6-14-23-17-7-4-3-5-8-17;1-3(2)4;/h15-17H,2-14H2,1H3,(H,20,22);3-4H,1-2H3;1H. The van der Waals surface area contributed by atoms with Crippen molar-refractivity contribution in [2.24, 2.45) is 5.92 Å². The molecule has 0 heterocycles. The van der Waals surface area contributed by atoms with Crippen LogP contribution in [0.5, 0.6) is 0 Å². The SMILES string of the molecule is CC(C)O.CCC(=O)C1CCC(NC(=O)CCCOC2CCCCC2)CC1.[HH]. The zero-order valence-electron chi connectivity index (χ0n) is 17.7. The number of Topliss-reactive ketones (excluding diaryl/α,β-unsaturated/α-hetero) is 1. The van der Waals surface area contributed by atoms with Crippen molar-refractivity contribution in [3.05, 3.63) is 0 Å². The number of aliphatic hydroxyl groups is 1. The summed E-state index contributed by atoms with van der Waals surface area (Å²) in [6.07, 6.45) is 12.3. The second kappa shape index (κ2) is 14.1. The Kier molecular flexibility index (Phi) is 12.6. The van der Waals surface area contributed by atoms with Gasteiger partial charge in [-0.05, 0) is 58.8 Å². The van der Waals surface area contributed by atoms with Gasteiger partial charge in [-0.3, -0.25) is 9.59 Å². The van der Waals surface area contributed by atoms with E-state index in [0.29, 0.717) is 31.3 Å². The molecular weight excluding hydrogens is 342 g/mol. The first-order valence-electron chi connectivity index (χ1n) is 11.0. The molecule has 27 heavy (non-hydrogen) atoms. The lowest BCUT2D eigenvalue weighted by molar-refractivity contribution is -0.124. The second-order valence-corrected chi connectivity index (χ2v) is 8.26. The van der Waals surface area contributed by atoms with E-state index in [1.54, 1.807) is 13.8 Å². The number of ketones is 1. The van der Waals surface area contributed by atoms with Gasteiger partial charge >= 0.3 is 0 Å². The van der Waals surface area contributed by atoms with Gasteiger partial charge in [-0.2, -0.15) is 0 Å². The van der Waals surface area contributed by atoms with Gasteiger partial charge in [0.1, 0.15) is 5.78 Å². The van der Waals surface area contributed by atoms with Crippen molar-refractivity contribution >= 4 is 11.7 Å². The van der Waals surface area contributed by atoms with Crippen molar-refractivity contribution < 1.29 is 20.9 Å². The Morgan fingerprint density at radius 3 is 2.22 bits per heavy atom. The molecule has 0 unspecified atom stereocenters. The molecule has 0 radical (unpaired) electrons. The van der Waals surface area contributed by atoms with Gasteiger partial charge in [0.15, 0.2) is 0 Å². The minimum absolute atomic E-state index is 0. The third-order valence-electron chi connectivity index (χ3n) is 5.35. The number of aliphatic hydroxyl groups excluding tert-OH is 1. The lowest BCUT2D eigenvalue weighted by Crippen LogP contribution is -2.38. The molecule has 2 rings (SSSR count). The lowest BCUT2D eigenvalue weighted by Gasteiger charge is -2.28. The molecule has 0 saturated heterocycles. The van der Waals surface area contributed by atoms with Crippen LogP contribution in [0, 0.1) is 5.92 Å². The second-order valence-electron chi connectivity index (χ2n) is 8.26. The maximum Gasteiger partial charge on any atom is 0.220 e. The normalized spacial score (nSPS) is 23.4. The Labute approximate surface area is 167 Å². The molecule has 5 heteroatoms. The number of hydrogen-bond acceptors (Lipinski definition) is 4. The van der Waals surface area contributed by atoms with E-state index in [4.69, 9.17) is 9.84 Å². The molecule has 2 aliphatic rings. The van der Waals surface area contributed by atoms with Gasteiger partial charge < -0.3 is 15.2 Å². The highest BCUT2D eigenvalue weighted by molar-refractivity contribution is 5.80. The number of hydrogen-bond donors (Lipinski definition) is 2. The summed E-state index contributed by atoms with van der Waals surface area (Å²) < 4.78 is 5.86. The molecule has 1 amide bonds. The molecule has 5 nitrogen and oxygen atoms in total. The maximum absolute atomic E-state index is 12.0. The van der Waals surface area contributed by atoms with Gasteiger partial charge in [-0.25, -0.2) is 0 Å². The minimum atomic E-state index is -0.167. The highest BCUT2D eigenvalue weighted by Crippen LogP contribution is 2.26. The molecule has 0 spiro atoms. The minimum Gasteiger partial charge on any atom is -0.394 e. The van der Waals surface area contributed by atoms with Crippen LogP contribution in [0.1, 0.15) is 99.2 Å². The number of carbonyl (C=O) groups excluding carboxylic acids is 2. The summed E-state index contributed by atoms with van der Waals surface area (Å²) in [5.74, 6) is 0.759. The molecule has 0 aromatic carbocycles. The molecule has 2 fully saturated rings. The largest absolute Gasteiger partial charge is 0.394 e. The van der Waals surface area contributed by atoms with Crippen molar-refractivity contribution in [2.45, 2.75) is 116 Å². The third kappa shape index (κ3) is 11.5. The van der Waals surface area contributed by atoms with E-state index in [9.17, 15) is 9.59 Å². The van der Waals surface area contributed by atoms with Crippen LogP contribution in [0.4, 0.5) is 0 Å². The summed E-state index contributed by atoms with van der Waals surface area (Å²) in [5, 5.41) is 11.2. The Balaban J connectivity index is 0.00000133. The van der Waals surface area contributed by atoms with E-state index in [1.807, 2.05) is 6.92 Å². The number of rotatable bonds is 8. The van der Waals surface area contributed by atoms with Crippen molar-refractivity contribution in [3.63, 3.8) is 0 Å². The first-order valence-corrected chi connectivity index (χ1v) is 11.0. The van der Waals surface area contributed by atoms with Crippen molar-refractivity contribution in [2.75, 3.05) is 6.61 Å². The maximum atomic E-state index is 12.0. The van der Waals surface area contributed by atoms with Gasteiger partial charge in [0.25, 0.3) is 0 Å². The first kappa shape index (κ1) is 24.1. The molecule has 2 saturated carbocycles. The van der Waals surface area contributed by atoms with Crippen LogP contribution in [-0.4, -0.2) is 41.7 Å². The van der Waals surface area contributed by atoms with Crippen LogP contribution in [0.2, 0.25) is 0 Å². The van der Waals surface area contributed by atoms with Gasteiger partial charge in [0.05, 0.1) is 6.10 Å². The molecular formula is C22H43NO4. The summed E-state index contributed by atoms with van der Waals surface area (Å²) in [7, 11) is 0. The highest BCUT2D eigenvalue weighted by atomic mass is 16.5. The molecule has 2 aliphatic carbocycles. The van der Waals surface area contributed by atoms with Crippen LogP contribution < -0.4 is 5.32 Å². The predicted molar refractivity (Wildman–Crippen MR) is 111 cm³/mol. The van der Waals surface area contributed by atoms with Crippen molar-refractivity contribution in [1.29, 1.82) is 0 Å². The molecule has 0 aliphatic heterocycles.